The number of hydrogen-bond donors (Lipinski definition) is 3. The monoisotopic (exact) mass is 788 g/mol. The molecule has 0 rings (SSSR count). The smallest absolute Gasteiger partial charge is 0.306 e. The van der Waals surface area contributed by atoms with Crippen molar-refractivity contribution >= 4 is 11.9 Å². The Labute approximate surface area is 347 Å². The Balaban J connectivity index is 4.65. The van der Waals surface area contributed by atoms with Gasteiger partial charge in [-0.05, 0) is 63.9 Å². The third kappa shape index (κ3) is 38.9. The largest absolute Gasteiger partial charge is 0.458 e. The van der Waals surface area contributed by atoms with Gasteiger partial charge in [0, 0.05) is 6.42 Å². The van der Waals surface area contributed by atoms with Gasteiger partial charge in [-0.3, -0.25) is 9.59 Å². The fraction of sp³-hybridized carbons (Fsp3) is 0.840. The van der Waals surface area contributed by atoms with Crippen LogP contribution in [-0.2, 0) is 14.3 Å². The van der Waals surface area contributed by atoms with Crippen LogP contribution < -0.4 is 5.32 Å². The van der Waals surface area contributed by atoms with Crippen LogP contribution in [0.5, 0.6) is 0 Å². The van der Waals surface area contributed by atoms with Gasteiger partial charge in [0.05, 0.1) is 25.2 Å². The fourth-order valence-corrected chi connectivity index (χ4v) is 7.21. The number of nitrogens with one attached hydrogen (secondary N) is 1. The zero-order chi connectivity index (χ0) is 41.0. The normalized spacial score (nSPS) is 13.6. The van der Waals surface area contributed by atoms with E-state index in [1.807, 2.05) is 12.2 Å². The minimum atomic E-state index is -0.810. The Morgan fingerprint density at radius 1 is 0.536 bits per heavy atom. The topological polar surface area (TPSA) is 95.9 Å². The van der Waals surface area contributed by atoms with Crippen LogP contribution in [0.15, 0.2) is 36.5 Å². The van der Waals surface area contributed by atoms with Crippen LogP contribution in [0.2, 0.25) is 0 Å². The van der Waals surface area contributed by atoms with Gasteiger partial charge in [-0.2, -0.15) is 0 Å². The Hall–Kier alpha value is -1.92. The molecule has 0 fully saturated rings. The van der Waals surface area contributed by atoms with E-state index in [2.05, 4.69) is 50.4 Å². The molecule has 0 saturated carbocycles. The lowest BCUT2D eigenvalue weighted by Crippen LogP contribution is -2.46. The van der Waals surface area contributed by atoms with Gasteiger partial charge in [0.15, 0.2) is 0 Å². The molecule has 0 aromatic heterocycles. The average Bonchev–Trinajstić information content (AvgIpc) is 3.19. The molecule has 3 N–H and O–H groups in total. The summed E-state index contributed by atoms with van der Waals surface area (Å²) in [4.78, 5) is 25.9. The lowest BCUT2D eigenvalue weighted by molar-refractivity contribution is -0.148. The molecule has 0 aliphatic heterocycles. The Bertz CT molecular complexity index is 930. The van der Waals surface area contributed by atoms with Gasteiger partial charge in [-0.25, -0.2) is 0 Å². The summed E-state index contributed by atoms with van der Waals surface area (Å²) >= 11 is 0. The summed E-state index contributed by atoms with van der Waals surface area (Å²) in [7, 11) is 0. The Morgan fingerprint density at radius 3 is 1.41 bits per heavy atom. The van der Waals surface area contributed by atoms with E-state index in [9.17, 15) is 19.8 Å². The van der Waals surface area contributed by atoms with Crippen molar-refractivity contribution in [1.29, 1.82) is 0 Å². The number of esters is 1. The van der Waals surface area contributed by atoms with Gasteiger partial charge >= 0.3 is 5.97 Å². The number of rotatable bonds is 43. The fourth-order valence-electron chi connectivity index (χ4n) is 7.21. The quantitative estimate of drug-likeness (QED) is 0.0325. The number of allylic oxidation sites excluding steroid dienone is 5. The SMILES string of the molecule is CCCCCCCC/C=C\C/C=C/C(CC(=O)NC(CO)C(O)CCCCCCCCCCCCCCC)OC(=O)CCCCC/C=C\CCCCCCCC. The molecule has 6 nitrogen and oxygen atoms in total. The first kappa shape index (κ1) is 54.1. The van der Waals surface area contributed by atoms with Crippen LogP contribution in [0, 0.1) is 0 Å². The molecule has 0 aliphatic carbocycles. The molecule has 328 valence electrons. The van der Waals surface area contributed by atoms with Gasteiger partial charge in [0.25, 0.3) is 0 Å². The van der Waals surface area contributed by atoms with Crippen LogP contribution in [0.25, 0.3) is 0 Å². The standard InChI is InChI=1S/C50H93NO5/c1-4-7-10-13-16-19-22-24-27-30-33-36-39-42-48(53)47(45-52)51-49(54)44-46(41-38-35-32-29-26-21-18-15-12-9-6-3)56-50(55)43-40-37-34-31-28-25-23-20-17-14-11-8-5-2/h25,28-29,32,38,41,46-48,52-53H,4-24,26-27,30-31,33-37,39-40,42-45H2,1-3H3,(H,51,54)/b28-25-,32-29-,41-38+. The number of carbonyl (C=O) groups is 2. The van der Waals surface area contributed by atoms with Crippen molar-refractivity contribution in [1.82, 2.24) is 5.32 Å². The molecule has 0 aliphatic rings. The number of ether oxygens (including phenoxy) is 1. The molecule has 0 spiro atoms. The molecule has 1 amide bonds. The summed E-state index contributed by atoms with van der Waals surface area (Å²) < 4.78 is 5.80. The highest BCUT2D eigenvalue weighted by molar-refractivity contribution is 5.78. The number of amides is 1. The second-order valence-electron chi connectivity index (χ2n) is 16.5. The van der Waals surface area contributed by atoms with E-state index in [0.29, 0.717) is 12.8 Å². The zero-order valence-electron chi connectivity index (χ0n) is 37.3. The zero-order valence-corrected chi connectivity index (χ0v) is 37.3. The molecular formula is C50H93NO5. The number of carbonyl (C=O) groups excluding carboxylic acids is 2. The van der Waals surface area contributed by atoms with Crippen molar-refractivity contribution in [2.45, 2.75) is 264 Å². The van der Waals surface area contributed by atoms with Gasteiger partial charge in [0.2, 0.25) is 5.91 Å². The van der Waals surface area contributed by atoms with Crippen LogP contribution in [-0.4, -0.2) is 46.9 Å². The maximum absolute atomic E-state index is 13.1. The molecule has 6 heteroatoms. The van der Waals surface area contributed by atoms with Crippen LogP contribution in [0.3, 0.4) is 0 Å². The highest BCUT2D eigenvalue weighted by atomic mass is 16.5. The number of aliphatic hydroxyl groups excluding tert-OH is 2. The minimum Gasteiger partial charge on any atom is -0.458 e. The summed E-state index contributed by atoms with van der Waals surface area (Å²) in [6.07, 6.45) is 50.9. The predicted octanol–water partition coefficient (Wildman–Crippen LogP) is 14.1. The molecule has 0 radical (unpaired) electrons. The van der Waals surface area contributed by atoms with Crippen LogP contribution in [0.1, 0.15) is 245 Å². The second kappa shape index (κ2) is 44.2. The molecule has 0 heterocycles. The van der Waals surface area contributed by atoms with Crippen LogP contribution in [0.4, 0.5) is 0 Å². The molecular weight excluding hydrogens is 695 g/mol. The van der Waals surface area contributed by atoms with Crippen molar-refractivity contribution in [2.24, 2.45) is 0 Å². The average molecular weight is 788 g/mol. The van der Waals surface area contributed by atoms with Crippen molar-refractivity contribution in [2.75, 3.05) is 6.61 Å². The van der Waals surface area contributed by atoms with Gasteiger partial charge < -0.3 is 20.3 Å². The number of aliphatic hydroxyl groups is 2. The third-order valence-corrected chi connectivity index (χ3v) is 10.9. The van der Waals surface area contributed by atoms with Gasteiger partial charge in [-0.15, -0.1) is 0 Å². The van der Waals surface area contributed by atoms with Crippen LogP contribution >= 0.6 is 0 Å². The molecule has 0 bridgehead atoms. The van der Waals surface area contributed by atoms with E-state index in [0.717, 1.165) is 64.2 Å². The number of hydrogen-bond acceptors (Lipinski definition) is 5. The maximum atomic E-state index is 13.1. The summed E-state index contributed by atoms with van der Waals surface area (Å²) in [5.41, 5.74) is 0. The summed E-state index contributed by atoms with van der Waals surface area (Å²) in [6, 6.07) is -0.732. The molecule has 0 saturated heterocycles. The van der Waals surface area contributed by atoms with E-state index in [1.165, 1.54) is 141 Å². The summed E-state index contributed by atoms with van der Waals surface area (Å²) in [6.45, 7) is 6.43. The van der Waals surface area contributed by atoms with Gasteiger partial charge in [-0.1, -0.05) is 205 Å². The van der Waals surface area contributed by atoms with Crippen molar-refractivity contribution in [3.05, 3.63) is 36.5 Å². The van der Waals surface area contributed by atoms with Crippen molar-refractivity contribution in [3.8, 4) is 0 Å². The van der Waals surface area contributed by atoms with E-state index in [-0.39, 0.29) is 24.9 Å². The highest BCUT2D eigenvalue weighted by Crippen LogP contribution is 2.16. The predicted molar refractivity (Wildman–Crippen MR) is 241 cm³/mol. The highest BCUT2D eigenvalue weighted by Gasteiger charge is 2.23. The second-order valence-corrected chi connectivity index (χ2v) is 16.5. The Kier molecular flexibility index (Phi) is 42.7. The minimum absolute atomic E-state index is 0.0327. The lowest BCUT2D eigenvalue weighted by atomic mass is 10.0. The van der Waals surface area contributed by atoms with E-state index in [1.54, 1.807) is 0 Å². The summed E-state index contributed by atoms with van der Waals surface area (Å²) in [5.74, 6) is -0.617. The molecule has 3 unspecified atom stereocenters. The first-order valence-electron chi connectivity index (χ1n) is 24.2. The van der Waals surface area contributed by atoms with Crippen molar-refractivity contribution in [3.63, 3.8) is 0 Å². The van der Waals surface area contributed by atoms with E-state index < -0.39 is 18.2 Å². The third-order valence-electron chi connectivity index (χ3n) is 10.9. The lowest BCUT2D eigenvalue weighted by Gasteiger charge is -2.23. The summed E-state index contributed by atoms with van der Waals surface area (Å²) in [5, 5.41) is 23.6. The molecule has 0 aromatic rings. The first-order valence-corrected chi connectivity index (χ1v) is 24.2. The maximum Gasteiger partial charge on any atom is 0.306 e. The van der Waals surface area contributed by atoms with Gasteiger partial charge in [0.1, 0.15) is 6.10 Å². The molecule has 56 heavy (non-hydrogen) atoms. The number of unbranched alkanes of at least 4 members (excludes halogenated alkanes) is 27. The van der Waals surface area contributed by atoms with E-state index >= 15 is 0 Å². The molecule has 3 atom stereocenters. The van der Waals surface area contributed by atoms with E-state index in [4.69, 9.17) is 4.74 Å². The first-order chi connectivity index (χ1) is 27.5. The van der Waals surface area contributed by atoms with Crippen molar-refractivity contribution < 1.29 is 24.5 Å². The Morgan fingerprint density at radius 2 is 0.946 bits per heavy atom. The molecule has 0 aromatic carbocycles.